The summed E-state index contributed by atoms with van der Waals surface area (Å²) in [5.41, 5.74) is 6.57. The Kier molecular flexibility index (Phi) is 5.20. The number of carbonyl (C=O) groups is 1. The summed E-state index contributed by atoms with van der Waals surface area (Å²) < 4.78 is 18.3. The number of rotatable bonds is 6. The van der Waals surface area contributed by atoms with Crippen LogP contribution < -0.4 is 20.7 Å². The summed E-state index contributed by atoms with van der Waals surface area (Å²) in [6.07, 6.45) is 1.15. The van der Waals surface area contributed by atoms with Gasteiger partial charge in [-0.25, -0.2) is 4.39 Å². The molecule has 0 aromatic heterocycles. The van der Waals surface area contributed by atoms with Gasteiger partial charge in [-0.3, -0.25) is 9.69 Å². The lowest BCUT2D eigenvalue weighted by Crippen LogP contribution is -2.53. The van der Waals surface area contributed by atoms with Crippen LogP contribution in [0.4, 0.5) is 10.1 Å². The maximum absolute atomic E-state index is 13.2. The van der Waals surface area contributed by atoms with Gasteiger partial charge in [-0.15, -0.1) is 0 Å². The SMILES string of the molecule is COc1ccc(CCC2(CN)NC(=S)N(c3ccc(F)cc3)C2=O)cc1. The summed E-state index contributed by atoms with van der Waals surface area (Å²) >= 11 is 5.34. The molecule has 1 saturated heterocycles. The molecular formula is C19H20FN3O2S. The van der Waals surface area contributed by atoms with Gasteiger partial charge in [-0.05, 0) is 67.0 Å². The molecule has 1 unspecified atom stereocenters. The number of thiocarbonyl (C=S) groups is 1. The first-order valence-electron chi connectivity index (χ1n) is 8.24. The van der Waals surface area contributed by atoms with Crippen LogP contribution in [0.15, 0.2) is 48.5 Å². The summed E-state index contributed by atoms with van der Waals surface area (Å²) in [7, 11) is 1.62. The van der Waals surface area contributed by atoms with Gasteiger partial charge in [0.1, 0.15) is 17.1 Å². The molecular weight excluding hydrogens is 353 g/mol. The predicted molar refractivity (Wildman–Crippen MR) is 103 cm³/mol. The standard InChI is InChI=1S/C19H20FN3O2S/c1-25-16-8-2-13(3-9-16)10-11-19(12-21)17(24)23(18(26)22-19)15-6-4-14(20)5-7-15/h2-9H,10-12,21H2,1H3,(H,22,26). The summed E-state index contributed by atoms with van der Waals surface area (Å²) in [6.45, 7) is 0.111. The first kappa shape index (κ1) is 18.3. The lowest BCUT2D eigenvalue weighted by atomic mass is 9.91. The van der Waals surface area contributed by atoms with Crippen molar-refractivity contribution in [2.24, 2.45) is 5.73 Å². The van der Waals surface area contributed by atoms with E-state index >= 15 is 0 Å². The maximum atomic E-state index is 13.2. The Morgan fingerprint density at radius 2 is 1.85 bits per heavy atom. The number of ether oxygens (including phenoxy) is 1. The fourth-order valence-electron chi connectivity index (χ4n) is 3.00. The van der Waals surface area contributed by atoms with Crippen LogP contribution in [0.25, 0.3) is 0 Å². The second-order valence-corrected chi connectivity index (χ2v) is 6.57. The number of halogens is 1. The number of nitrogens with two attached hydrogens (primary N) is 1. The van der Waals surface area contributed by atoms with Crippen molar-refractivity contribution in [1.29, 1.82) is 0 Å². The van der Waals surface area contributed by atoms with Gasteiger partial charge in [0.05, 0.1) is 12.8 Å². The highest BCUT2D eigenvalue weighted by atomic mass is 32.1. The van der Waals surface area contributed by atoms with Gasteiger partial charge < -0.3 is 15.8 Å². The van der Waals surface area contributed by atoms with E-state index in [2.05, 4.69) is 5.32 Å². The molecule has 1 aliphatic rings. The van der Waals surface area contributed by atoms with Gasteiger partial charge in [0.2, 0.25) is 0 Å². The van der Waals surface area contributed by atoms with Gasteiger partial charge >= 0.3 is 0 Å². The minimum absolute atomic E-state index is 0.111. The molecule has 1 aliphatic heterocycles. The van der Waals surface area contributed by atoms with E-state index in [9.17, 15) is 9.18 Å². The quantitative estimate of drug-likeness (QED) is 0.761. The fraction of sp³-hybridized carbons (Fsp3) is 0.263. The van der Waals surface area contributed by atoms with Crippen LogP contribution in [-0.2, 0) is 11.2 Å². The van der Waals surface area contributed by atoms with Gasteiger partial charge in [-0.2, -0.15) is 0 Å². The normalized spacial score (nSPS) is 19.6. The number of carbonyl (C=O) groups excluding carboxylic acids is 1. The predicted octanol–water partition coefficient (Wildman–Crippen LogP) is 2.39. The average Bonchev–Trinajstić information content (AvgIpc) is 2.92. The first-order valence-corrected chi connectivity index (χ1v) is 8.65. The molecule has 26 heavy (non-hydrogen) atoms. The molecule has 0 saturated carbocycles. The van der Waals surface area contributed by atoms with E-state index in [1.165, 1.54) is 29.2 Å². The summed E-state index contributed by atoms with van der Waals surface area (Å²) in [5, 5.41) is 3.37. The summed E-state index contributed by atoms with van der Waals surface area (Å²) in [5.74, 6) is 0.190. The van der Waals surface area contributed by atoms with Gasteiger partial charge in [-0.1, -0.05) is 12.1 Å². The van der Waals surface area contributed by atoms with E-state index in [0.717, 1.165) is 11.3 Å². The number of methoxy groups -OCH3 is 1. The number of benzene rings is 2. The highest BCUT2D eigenvalue weighted by molar-refractivity contribution is 7.80. The Morgan fingerprint density at radius 3 is 2.42 bits per heavy atom. The minimum atomic E-state index is -0.967. The van der Waals surface area contributed by atoms with E-state index in [0.29, 0.717) is 18.5 Å². The number of nitrogens with one attached hydrogen (secondary N) is 1. The maximum Gasteiger partial charge on any atom is 0.260 e. The van der Waals surface area contributed by atoms with Crippen molar-refractivity contribution in [2.75, 3.05) is 18.6 Å². The van der Waals surface area contributed by atoms with Crippen molar-refractivity contribution in [3.05, 3.63) is 59.9 Å². The zero-order chi connectivity index (χ0) is 18.7. The molecule has 0 aliphatic carbocycles. The second-order valence-electron chi connectivity index (χ2n) is 6.18. The lowest BCUT2D eigenvalue weighted by Gasteiger charge is -2.25. The van der Waals surface area contributed by atoms with Crippen LogP contribution in [0, 0.1) is 5.82 Å². The molecule has 2 aromatic rings. The number of anilines is 1. The molecule has 1 amide bonds. The number of hydrogen-bond donors (Lipinski definition) is 2. The number of nitrogens with zero attached hydrogens (tertiary/aromatic N) is 1. The third kappa shape index (κ3) is 3.40. The molecule has 7 heteroatoms. The highest BCUT2D eigenvalue weighted by Gasteiger charge is 2.48. The third-order valence-corrected chi connectivity index (χ3v) is 4.88. The number of hydrogen-bond acceptors (Lipinski definition) is 4. The van der Waals surface area contributed by atoms with Crippen molar-refractivity contribution in [3.63, 3.8) is 0 Å². The van der Waals surface area contributed by atoms with Crippen molar-refractivity contribution in [2.45, 2.75) is 18.4 Å². The first-order chi connectivity index (χ1) is 12.5. The fourth-order valence-corrected chi connectivity index (χ4v) is 3.39. The van der Waals surface area contributed by atoms with Crippen molar-refractivity contribution < 1.29 is 13.9 Å². The zero-order valence-electron chi connectivity index (χ0n) is 14.4. The van der Waals surface area contributed by atoms with Crippen molar-refractivity contribution in [3.8, 4) is 5.75 Å². The molecule has 3 rings (SSSR count). The van der Waals surface area contributed by atoms with Crippen LogP contribution in [0.1, 0.15) is 12.0 Å². The van der Waals surface area contributed by atoms with E-state index in [-0.39, 0.29) is 23.4 Å². The van der Waals surface area contributed by atoms with Crippen LogP contribution in [0.5, 0.6) is 5.75 Å². The number of aryl methyl sites for hydroxylation is 1. The van der Waals surface area contributed by atoms with E-state index in [1.807, 2.05) is 24.3 Å². The third-order valence-electron chi connectivity index (χ3n) is 4.59. The molecule has 2 aromatic carbocycles. The molecule has 0 spiro atoms. The van der Waals surface area contributed by atoms with Crippen LogP contribution in [-0.4, -0.2) is 30.2 Å². The lowest BCUT2D eigenvalue weighted by molar-refractivity contribution is -0.122. The Morgan fingerprint density at radius 1 is 1.19 bits per heavy atom. The van der Waals surface area contributed by atoms with Crippen LogP contribution >= 0.6 is 12.2 Å². The van der Waals surface area contributed by atoms with Crippen molar-refractivity contribution >= 4 is 28.9 Å². The monoisotopic (exact) mass is 373 g/mol. The molecule has 0 bridgehead atoms. The Hall–Kier alpha value is -2.51. The molecule has 5 nitrogen and oxygen atoms in total. The smallest absolute Gasteiger partial charge is 0.260 e. The zero-order valence-corrected chi connectivity index (χ0v) is 15.2. The van der Waals surface area contributed by atoms with Crippen LogP contribution in [0.2, 0.25) is 0 Å². The largest absolute Gasteiger partial charge is 0.497 e. The van der Waals surface area contributed by atoms with Gasteiger partial charge in [0, 0.05) is 6.54 Å². The molecule has 136 valence electrons. The Bertz CT molecular complexity index is 811. The van der Waals surface area contributed by atoms with Gasteiger partial charge in [0.25, 0.3) is 5.91 Å². The van der Waals surface area contributed by atoms with Gasteiger partial charge in [0.15, 0.2) is 5.11 Å². The second kappa shape index (κ2) is 7.39. The molecule has 3 N–H and O–H groups in total. The summed E-state index contributed by atoms with van der Waals surface area (Å²) in [4.78, 5) is 14.4. The summed E-state index contributed by atoms with van der Waals surface area (Å²) in [6, 6.07) is 13.3. The number of amides is 1. The topological polar surface area (TPSA) is 67.6 Å². The molecule has 1 heterocycles. The molecule has 0 radical (unpaired) electrons. The van der Waals surface area contributed by atoms with E-state index < -0.39 is 5.54 Å². The van der Waals surface area contributed by atoms with Crippen LogP contribution in [0.3, 0.4) is 0 Å². The van der Waals surface area contributed by atoms with E-state index in [1.54, 1.807) is 7.11 Å². The molecule has 1 atom stereocenters. The average molecular weight is 373 g/mol. The minimum Gasteiger partial charge on any atom is -0.497 e. The highest BCUT2D eigenvalue weighted by Crippen LogP contribution is 2.28. The molecule has 1 fully saturated rings. The Balaban J connectivity index is 1.78. The van der Waals surface area contributed by atoms with E-state index in [4.69, 9.17) is 22.7 Å². The van der Waals surface area contributed by atoms with Crippen molar-refractivity contribution in [1.82, 2.24) is 5.32 Å². The Labute approximate surface area is 156 Å².